The predicted molar refractivity (Wildman–Crippen MR) is 73.9 cm³/mol. The number of rotatable bonds is 3. The zero-order chi connectivity index (χ0) is 8.97. The maximum absolute atomic E-state index is 5.74. The molecule has 1 fully saturated rings. The maximum Gasteiger partial charge on any atom is 0.0139 e. The molecule has 0 amide bonds. The largest absolute Gasteiger partial charge is 0.327 e. The third kappa shape index (κ3) is 8.55. The van der Waals surface area contributed by atoms with Crippen LogP contribution in [0.3, 0.4) is 0 Å². The highest BCUT2D eigenvalue weighted by atomic mass is 35.5. The Morgan fingerprint density at radius 3 is 1.73 bits per heavy atom. The van der Waals surface area contributed by atoms with Gasteiger partial charge in [-0.1, -0.05) is 6.92 Å². The van der Waals surface area contributed by atoms with Crippen LogP contribution in [-0.2, 0) is 0 Å². The van der Waals surface area contributed by atoms with Gasteiger partial charge in [0.25, 0.3) is 0 Å². The lowest BCUT2D eigenvalue weighted by molar-refractivity contribution is 0.133. The van der Waals surface area contributed by atoms with Gasteiger partial charge in [-0.2, -0.15) is 0 Å². The van der Waals surface area contributed by atoms with Crippen LogP contribution in [0.1, 0.15) is 13.8 Å². The highest BCUT2D eigenvalue weighted by Crippen LogP contribution is 2.00. The van der Waals surface area contributed by atoms with Crippen molar-refractivity contribution in [3.05, 3.63) is 0 Å². The van der Waals surface area contributed by atoms with Crippen LogP contribution < -0.4 is 5.73 Å². The van der Waals surface area contributed by atoms with Crippen molar-refractivity contribution >= 4 is 37.2 Å². The minimum absolute atomic E-state index is 0. The number of likely N-dealkylation sites (N-methyl/N-ethyl adjacent to an activating group) is 1. The van der Waals surface area contributed by atoms with E-state index in [1.165, 1.54) is 32.7 Å². The van der Waals surface area contributed by atoms with Crippen LogP contribution in [0, 0.1) is 0 Å². The second-order valence-electron chi connectivity index (χ2n) is 3.71. The highest BCUT2D eigenvalue weighted by molar-refractivity contribution is 5.86. The fourth-order valence-corrected chi connectivity index (χ4v) is 1.70. The molecule has 1 heterocycles. The highest BCUT2D eigenvalue weighted by Gasteiger charge is 2.15. The molecule has 0 bridgehead atoms. The molecule has 1 aliphatic rings. The van der Waals surface area contributed by atoms with Crippen LogP contribution in [0.25, 0.3) is 0 Å². The van der Waals surface area contributed by atoms with Gasteiger partial charge in [0.05, 0.1) is 0 Å². The van der Waals surface area contributed by atoms with Gasteiger partial charge in [0.1, 0.15) is 0 Å². The SMILES string of the molecule is CCN1CCN(C[C@@H](C)N)CC1.Cl.Cl.Cl. The molecule has 2 N–H and O–H groups in total. The number of nitrogens with zero attached hydrogens (tertiary/aromatic N) is 2. The molecular formula is C9H24Cl3N3. The van der Waals surface area contributed by atoms with Gasteiger partial charge < -0.3 is 10.6 Å². The van der Waals surface area contributed by atoms with Crippen molar-refractivity contribution in [1.82, 2.24) is 9.80 Å². The first-order valence-electron chi connectivity index (χ1n) is 4.92. The van der Waals surface area contributed by atoms with E-state index in [-0.39, 0.29) is 37.2 Å². The Balaban J connectivity index is -0.000000480. The molecule has 1 aliphatic heterocycles. The lowest BCUT2D eigenvalue weighted by Gasteiger charge is -2.34. The molecule has 0 aromatic carbocycles. The Morgan fingerprint density at radius 1 is 1.00 bits per heavy atom. The van der Waals surface area contributed by atoms with Crippen molar-refractivity contribution in [2.45, 2.75) is 19.9 Å². The van der Waals surface area contributed by atoms with Gasteiger partial charge >= 0.3 is 0 Å². The third-order valence-corrected chi connectivity index (χ3v) is 2.46. The van der Waals surface area contributed by atoms with Crippen LogP contribution in [0.5, 0.6) is 0 Å². The first kappa shape index (κ1) is 21.1. The summed E-state index contributed by atoms with van der Waals surface area (Å²) in [5.74, 6) is 0. The van der Waals surface area contributed by atoms with Crippen LogP contribution in [0.4, 0.5) is 0 Å². The molecule has 96 valence electrons. The van der Waals surface area contributed by atoms with Gasteiger partial charge in [-0.25, -0.2) is 0 Å². The molecule has 0 spiro atoms. The average Bonchev–Trinajstić information content (AvgIpc) is 2.05. The molecule has 0 aliphatic carbocycles. The lowest BCUT2D eigenvalue weighted by atomic mass is 10.2. The van der Waals surface area contributed by atoms with E-state index in [4.69, 9.17) is 5.73 Å². The summed E-state index contributed by atoms with van der Waals surface area (Å²) in [6.07, 6.45) is 0. The number of hydrogen-bond donors (Lipinski definition) is 1. The van der Waals surface area contributed by atoms with Crippen LogP contribution >= 0.6 is 37.2 Å². The molecule has 0 unspecified atom stereocenters. The van der Waals surface area contributed by atoms with Gasteiger partial charge in [0, 0.05) is 38.8 Å². The standard InChI is InChI=1S/C9H21N3.3ClH/c1-3-11-4-6-12(7-5-11)8-9(2)10;;;/h9H,3-8,10H2,1-2H3;3*1H/t9-;;;/m1.../s1. The van der Waals surface area contributed by atoms with Crippen LogP contribution in [0.2, 0.25) is 0 Å². The summed E-state index contributed by atoms with van der Waals surface area (Å²) in [7, 11) is 0. The molecule has 0 saturated carbocycles. The fourth-order valence-electron chi connectivity index (χ4n) is 1.70. The van der Waals surface area contributed by atoms with Crippen molar-refractivity contribution in [3.8, 4) is 0 Å². The lowest BCUT2D eigenvalue weighted by Crippen LogP contribution is -2.49. The monoisotopic (exact) mass is 279 g/mol. The fraction of sp³-hybridized carbons (Fsp3) is 1.00. The van der Waals surface area contributed by atoms with Crippen molar-refractivity contribution in [2.75, 3.05) is 39.3 Å². The quantitative estimate of drug-likeness (QED) is 0.844. The van der Waals surface area contributed by atoms with Gasteiger partial charge in [-0.15, -0.1) is 37.2 Å². The number of hydrogen-bond acceptors (Lipinski definition) is 3. The zero-order valence-electron chi connectivity index (χ0n) is 9.52. The zero-order valence-corrected chi connectivity index (χ0v) is 12.0. The normalized spacial score (nSPS) is 19.4. The Morgan fingerprint density at radius 2 is 1.40 bits per heavy atom. The van der Waals surface area contributed by atoms with E-state index in [2.05, 4.69) is 23.6 Å². The smallest absolute Gasteiger partial charge is 0.0139 e. The maximum atomic E-state index is 5.74. The Kier molecular flexibility index (Phi) is 15.8. The van der Waals surface area contributed by atoms with Gasteiger partial charge in [0.15, 0.2) is 0 Å². The Labute approximate surface area is 112 Å². The molecule has 1 rings (SSSR count). The molecule has 6 heteroatoms. The van der Waals surface area contributed by atoms with E-state index < -0.39 is 0 Å². The molecule has 1 saturated heterocycles. The summed E-state index contributed by atoms with van der Waals surface area (Å²) < 4.78 is 0. The minimum Gasteiger partial charge on any atom is -0.327 e. The van der Waals surface area contributed by atoms with Crippen molar-refractivity contribution in [3.63, 3.8) is 0 Å². The van der Waals surface area contributed by atoms with E-state index in [9.17, 15) is 0 Å². The molecule has 0 aromatic rings. The molecular weight excluding hydrogens is 256 g/mol. The topological polar surface area (TPSA) is 32.5 Å². The number of piperazine rings is 1. The van der Waals surface area contributed by atoms with Crippen molar-refractivity contribution in [2.24, 2.45) is 5.73 Å². The van der Waals surface area contributed by atoms with E-state index in [0.717, 1.165) is 6.54 Å². The molecule has 1 atom stereocenters. The molecule has 3 nitrogen and oxygen atoms in total. The summed E-state index contributed by atoms with van der Waals surface area (Å²) in [6.45, 7) is 11.3. The summed E-state index contributed by atoms with van der Waals surface area (Å²) in [4.78, 5) is 4.94. The van der Waals surface area contributed by atoms with Gasteiger partial charge in [-0.05, 0) is 13.5 Å². The Hall–Kier alpha value is 0.750. The second-order valence-corrected chi connectivity index (χ2v) is 3.71. The van der Waals surface area contributed by atoms with E-state index in [1.54, 1.807) is 0 Å². The first-order valence-corrected chi connectivity index (χ1v) is 4.92. The Bertz CT molecular complexity index is 128. The summed E-state index contributed by atoms with van der Waals surface area (Å²) in [5.41, 5.74) is 5.74. The summed E-state index contributed by atoms with van der Waals surface area (Å²) >= 11 is 0. The average molecular weight is 281 g/mol. The summed E-state index contributed by atoms with van der Waals surface area (Å²) in [5, 5.41) is 0. The van der Waals surface area contributed by atoms with Gasteiger partial charge in [0.2, 0.25) is 0 Å². The minimum atomic E-state index is 0. The van der Waals surface area contributed by atoms with Gasteiger partial charge in [-0.3, -0.25) is 4.90 Å². The third-order valence-electron chi connectivity index (χ3n) is 2.46. The first-order chi connectivity index (χ1) is 5.72. The predicted octanol–water partition coefficient (Wildman–Crippen LogP) is 1.24. The van der Waals surface area contributed by atoms with Crippen LogP contribution in [-0.4, -0.2) is 55.1 Å². The van der Waals surface area contributed by atoms with Crippen molar-refractivity contribution < 1.29 is 0 Å². The van der Waals surface area contributed by atoms with Crippen LogP contribution in [0.15, 0.2) is 0 Å². The van der Waals surface area contributed by atoms with Crippen molar-refractivity contribution in [1.29, 1.82) is 0 Å². The number of nitrogens with two attached hydrogens (primary N) is 1. The second kappa shape index (κ2) is 11.2. The van der Waals surface area contributed by atoms with E-state index in [0.29, 0.717) is 6.04 Å². The van der Waals surface area contributed by atoms with E-state index >= 15 is 0 Å². The molecule has 0 aromatic heterocycles. The van der Waals surface area contributed by atoms with E-state index in [1.807, 2.05) is 0 Å². The number of halogens is 3. The molecule has 15 heavy (non-hydrogen) atoms. The molecule has 0 radical (unpaired) electrons. The summed E-state index contributed by atoms with van der Waals surface area (Å²) in [6, 6.07) is 0.318.